The van der Waals surface area contributed by atoms with Crippen LogP contribution in [0.5, 0.6) is 6.01 Å². The van der Waals surface area contributed by atoms with E-state index >= 15 is 4.39 Å². The van der Waals surface area contributed by atoms with Crippen LogP contribution in [0.4, 0.5) is 36.3 Å². The predicted molar refractivity (Wildman–Crippen MR) is 154 cm³/mol. The van der Waals surface area contributed by atoms with Gasteiger partial charge in [-0.05, 0) is 58.4 Å². The van der Waals surface area contributed by atoms with E-state index in [1.807, 2.05) is 4.90 Å². The monoisotopic (exact) mass is 655 g/mol. The summed E-state index contributed by atoms with van der Waals surface area (Å²) in [7, 11) is 0. The van der Waals surface area contributed by atoms with Crippen molar-refractivity contribution in [2.75, 3.05) is 25.0 Å². The minimum Gasteiger partial charge on any atom is -0.463 e. The van der Waals surface area contributed by atoms with E-state index in [0.717, 1.165) is 18.6 Å². The molecule has 0 spiro atoms. The van der Waals surface area contributed by atoms with E-state index in [1.54, 1.807) is 20.8 Å². The number of ether oxygens (including phenoxy) is 2. The number of amides is 1. The van der Waals surface area contributed by atoms with Gasteiger partial charge in [-0.15, -0.1) is 0 Å². The lowest BCUT2D eigenvalue weighted by atomic mass is 9.95. The molecule has 4 aromatic rings. The molecule has 2 aromatic carbocycles. The molecule has 240 valence electrons. The molecule has 0 radical (unpaired) electrons. The number of hydrogen-bond acceptors (Lipinski definition) is 8. The first-order valence-corrected chi connectivity index (χ1v) is 14.8. The Morgan fingerprint density at radius 2 is 1.96 bits per heavy atom. The number of nitrogens with one attached hydrogen (secondary N) is 2. The van der Waals surface area contributed by atoms with E-state index in [-0.39, 0.29) is 34.9 Å². The van der Waals surface area contributed by atoms with Crippen LogP contribution in [-0.4, -0.2) is 63.0 Å². The zero-order chi connectivity index (χ0) is 32.5. The Balaban J connectivity index is 1.45. The van der Waals surface area contributed by atoms with Crippen LogP contribution in [0.15, 0.2) is 23.0 Å². The normalized spacial score (nSPS) is 20.6. The Morgan fingerprint density at radius 3 is 2.67 bits per heavy atom. The number of thiazole rings is 1. The Hall–Kier alpha value is -3.92. The molecule has 0 unspecified atom stereocenters. The summed E-state index contributed by atoms with van der Waals surface area (Å²) in [4.78, 5) is 37.5. The highest BCUT2D eigenvalue weighted by atomic mass is 32.1. The predicted octanol–water partition coefficient (Wildman–Crippen LogP) is 6.80. The number of nitrogens with zero attached hydrogens (tertiary/aromatic N) is 3. The highest BCUT2D eigenvalue weighted by molar-refractivity contribution is 7.22. The Bertz CT molecular complexity index is 1890. The van der Waals surface area contributed by atoms with Crippen molar-refractivity contribution in [3.05, 3.63) is 45.8 Å². The van der Waals surface area contributed by atoms with Gasteiger partial charge in [-0.1, -0.05) is 11.3 Å². The second-order valence-corrected chi connectivity index (χ2v) is 13.2. The molecule has 2 aliphatic rings. The number of rotatable bonds is 5. The Morgan fingerprint density at radius 1 is 1.20 bits per heavy atom. The fourth-order valence-electron chi connectivity index (χ4n) is 6.04. The van der Waals surface area contributed by atoms with Gasteiger partial charge in [-0.25, -0.2) is 22.9 Å². The topological polar surface area (TPSA) is 109 Å². The third-order valence-corrected chi connectivity index (χ3v) is 8.81. The summed E-state index contributed by atoms with van der Waals surface area (Å²) in [6.07, 6.45) is -5.50. The summed E-state index contributed by atoms with van der Waals surface area (Å²) in [6, 6.07) is 1.80. The van der Waals surface area contributed by atoms with E-state index in [2.05, 4.69) is 20.3 Å². The first-order chi connectivity index (χ1) is 21.0. The van der Waals surface area contributed by atoms with Crippen LogP contribution >= 0.6 is 11.3 Å². The second kappa shape index (κ2) is 10.9. The minimum atomic E-state index is -5.16. The maximum atomic E-state index is 16.3. The smallest absolute Gasteiger partial charge is 0.417 e. The van der Waals surface area contributed by atoms with Gasteiger partial charge in [-0.2, -0.15) is 18.2 Å². The molecular formula is C29H27F6N5O4S. The number of benzene rings is 2. The average Bonchev–Trinajstić information content (AvgIpc) is 3.59. The number of aromatic nitrogens is 3. The highest BCUT2D eigenvalue weighted by Crippen LogP contribution is 2.45. The van der Waals surface area contributed by atoms with Crippen molar-refractivity contribution < 1.29 is 40.6 Å². The quantitative estimate of drug-likeness (QED) is 0.228. The number of carbonyl (C=O) groups excluding carboxylic acids is 1. The van der Waals surface area contributed by atoms with Gasteiger partial charge in [0, 0.05) is 24.1 Å². The van der Waals surface area contributed by atoms with Crippen molar-refractivity contribution in [2.24, 2.45) is 0 Å². The van der Waals surface area contributed by atoms with E-state index in [0.29, 0.717) is 30.4 Å². The SMILES string of the molecule is CC(C)(C)OC(=O)Nc1nc2c(-c3c(C(F)(F)F)cc4c(=O)[nH]c(OC[C@@]56CCCN5C[C@H](F)C6)nc4c3F)ccc(F)c2s1. The molecule has 16 heteroatoms. The molecule has 6 rings (SSSR count). The number of alkyl halides is 4. The largest absolute Gasteiger partial charge is 0.463 e. The highest BCUT2D eigenvalue weighted by Gasteiger charge is 2.49. The van der Waals surface area contributed by atoms with E-state index < -0.39 is 80.4 Å². The first kappa shape index (κ1) is 31.1. The van der Waals surface area contributed by atoms with Gasteiger partial charge in [0.1, 0.15) is 29.7 Å². The van der Waals surface area contributed by atoms with E-state index in [9.17, 15) is 31.5 Å². The summed E-state index contributed by atoms with van der Waals surface area (Å²) in [5.41, 5.74) is -6.66. The zero-order valence-electron chi connectivity index (χ0n) is 24.2. The third-order valence-electron chi connectivity index (χ3n) is 7.84. The maximum Gasteiger partial charge on any atom is 0.417 e. The molecular weight excluding hydrogens is 628 g/mol. The number of carbonyl (C=O) groups is 1. The zero-order valence-corrected chi connectivity index (χ0v) is 25.0. The van der Waals surface area contributed by atoms with Crippen molar-refractivity contribution >= 4 is 43.7 Å². The lowest BCUT2D eigenvalue weighted by molar-refractivity contribution is -0.137. The molecule has 1 amide bonds. The number of halogens is 6. The van der Waals surface area contributed by atoms with Gasteiger partial charge < -0.3 is 9.47 Å². The molecule has 2 aliphatic heterocycles. The summed E-state index contributed by atoms with van der Waals surface area (Å²) in [6.45, 7) is 5.66. The molecule has 0 aliphatic carbocycles. The Kier molecular flexibility index (Phi) is 7.50. The summed E-state index contributed by atoms with van der Waals surface area (Å²) in [5.74, 6) is -2.38. The van der Waals surface area contributed by atoms with E-state index in [1.165, 1.54) is 0 Å². The second-order valence-electron chi connectivity index (χ2n) is 12.2. The summed E-state index contributed by atoms with van der Waals surface area (Å²) < 4.78 is 99.1. The molecule has 4 heterocycles. The van der Waals surface area contributed by atoms with Crippen LogP contribution in [0, 0.1) is 11.6 Å². The number of aromatic amines is 1. The molecule has 2 atom stereocenters. The molecule has 0 saturated carbocycles. The van der Waals surface area contributed by atoms with Gasteiger partial charge in [0.15, 0.2) is 10.9 Å². The summed E-state index contributed by atoms with van der Waals surface area (Å²) in [5, 5.41) is 1.43. The minimum absolute atomic E-state index is 0.0676. The van der Waals surface area contributed by atoms with Crippen LogP contribution in [0.1, 0.15) is 45.6 Å². The number of H-pyrrole nitrogens is 1. The first-order valence-electron chi connectivity index (χ1n) is 14.0. The lowest BCUT2D eigenvalue weighted by Gasteiger charge is -2.30. The van der Waals surface area contributed by atoms with Gasteiger partial charge in [0.2, 0.25) is 0 Å². The fourth-order valence-corrected chi connectivity index (χ4v) is 6.93. The molecule has 2 saturated heterocycles. The van der Waals surface area contributed by atoms with Crippen molar-refractivity contribution in [3.8, 4) is 17.1 Å². The number of hydrogen-bond donors (Lipinski definition) is 2. The molecule has 2 aromatic heterocycles. The maximum absolute atomic E-state index is 16.3. The standard InChI is InChI=1S/C29H27F6N5O4S/c1-27(2,3)44-26(42)39-25-37-21-14(5-6-17(31)22(21)45-25)18-16(29(33,34)35)9-15-20(19(18)32)36-24(38-23(15)41)43-12-28-7-4-8-40(28)11-13(30)10-28/h5-6,9,13H,4,7-8,10-12H2,1-3H3,(H,36,38,41)(H,37,39,42)/t13-,28+/m1/s1. The number of fused-ring (bicyclic) bond motifs is 3. The van der Waals surface area contributed by atoms with Crippen molar-refractivity contribution in [1.29, 1.82) is 0 Å². The molecule has 2 fully saturated rings. The van der Waals surface area contributed by atoms with Crippen LogP contribution in [0.3, 0.4) is 0 Å². The summed E-state index contributed by atoms with van der Waals surface area (Å²) >= 11 is 0.617. The van der Waals surface area contributed by atoms with Gasteiger partial charge >= 0.3 is 12.3 Å². The molecule has 9 nitrogen and oxygen atoms in total. The van der Waals surface area contributed by atoms with Crippen molar-refractivity contribution in [2.45, 2.75) is 63.5 Å². The van der Waals surface area contributed by atoms with Crippen LogP contribution < -0.4 is 15.6 Å². The van der Waals surface area contributed by atoms with Gasteiger partial charge in [-0.3, -0.25) is 20.0 Å². The average molecular weight is 656 g/mol. The lowest BCUT2D eigenvalue weighted by Crippen LogP contribution is -2.43. The molecule has 45 heavy (non-hydrogen) atoms. The Labute approximate surface area is 255 Å². The van der Waals surface area contributed by atoms with Gasteiger partial charge in [0.25, 0.3) is 11.6 Å². The molecule has 2 N–H and O–H groups in total. The van der Waals surface area contributed by atoms with Gasteiger partial charge in [0.05, 0.1) is 26.7 Å². The molecule has 0 bridgehead atoms. The third kappa shape index (κ3) is 5.80. The van der Waals surface area contributed by atoms with Crippen LogP contribution in [-0.2, 0) is 10.9 Å². The van der Waals surface area contributed by atoms with Crippen LogP contribution in [0.2, 0.25) is 0 Å². The van der Waals surface area contributed by atoms with Crippen molar-refractivity contribution in [3.63, 3.8) is 0 Å². The fraction of sp³-hybridized carbons (Fsp3) is 0.448. The van der Waals surface area contributed by atoms with Crippen LogP contribution in [0.25, 0.3) is 32.2 Å². The number of anilines is 1. The van der Waals surface area contributed by atoms with Crippen molar-refractivity contribution in [1.82, 2.24) is 19.9 Å². The van der Waals surface area contributed by atoms with E-state index in [4.69, 9.17) is 9.47 Å².